The number of rotatable bonds is 4. The lowest BCUT2D eigenvalue weighted by Gasteiger charge is -2.24. The largest absolute Gasteiger partial charge is 0.507 e. The molecule has 4 heterocycles. The van der Waals surface area contributed by atoms with Gasteiger partial charge in [-0.1, -0.05) is 12.1 Å². The van der Waals surface area contributed by atoms with E-state index in [1.165, 1.54) is 16.2 Å². The maximum atomic E-state index is 13.1. The number of ether oxygens (including phenoxy) is 1. The summed E-state index contributed by atoms with van der Waals surface area (Å²) in [4.78, 5) is 32.5. The topological polar surface area (TPSA) is 79.7 Å². The van der Waals surface area contributed by atoms with E-state index >= 15 is 0 Å². The summed E-state index contributed by atoms with van der Waals surface area (Å²) in [7, 11) is 0. The zero-order valence-electron chi connectivity index (χ0n) is 16.8. The van der Waals surface area contributed by atoms with E-state index in [1.54, 1.807) is 30.6 Å². The molecule has 2 aliphatic rings. The Morgan fingerprint density at radius 3 is 2.87 bits per heavy atom. The van der Waals surface area contributed by atoms with Gasteiger partial charge in [0, 0.05) is 35.8 Å². The van der Waals surface area contributed by atoms with Crippen LogP contribution in [0.1, 0.15) is 34.5 Å². The van der Waals surface area contributed by atoms with Crippen molar-refractivity contribution in [1.82, 2.24) is 9.88 Å². The zero-order chi connectivity index (χ0) is 21.5. The molecule has 156 valence electrons. The molecule has 1 fully saturated rings. The van der Waals surface area contributed by atoms with Crippen molar-refractivity contribution in [3.05, 3.63) is 87.4 Å². The van der Waals surface area contributed by atoms with Gasteiger partial charge < -0.3 is 14.7 Å². The average Bonchev–Trinajstić information content (AvgIpc) is 3.48. The van der Waals surface area contributed by atoms with E-state index in [0.29, 0.717) is 5.56 Å². The molecule has 3 aromatic rings. The van der Waals surface area contributed by atoms with Gasteiger partial charge in [0.25, 0.3) is 11.7 Å². The van der Waals surface area contributed by atoms with Crippen molar-refractivity contribution in [2.75, 3.05) is 0 Å². The van der Waals surface area contributed by atoms with Crippen LogP contribution in [-0.4, -0.2) is 32.8 Å². The van der Waals surface area contributed by atoms with Crippen molar-refractivity contribution in [1.29, 1.82) is 0 Å². The van der Waals surface area contributed by atoms with Gasteiger partial charge in [-0.05, 0) is 53.8 Å². The smallest absolute Gasteiger partial charge is 0.295 e. The first-order valence-electron chi connectivity index (χ1n) is 10.0. The first-order chi connectivity index (χ1) is 15.0. The Morgan fingerprint density at radius 1 is 1.26 bits per heavy atom. The van der Waals surface area contributed by atoms with Crippen LogP contribution >= 0.6 is 11.3 Å². The molecule has 2 atom stereocenters. The van der Waals surface area contributed by atoms with Crippen LogP contribution in [-0.2, 0) is 22.6 Å². The SMILES string of the molecule is C[C@H]1Cc2cc(C(O)=C3C(=O)C(=O)N(Cc4cccnc4)[C@H]3c3cccs3)ccc2O1. The molecule has 6 nitrogen and oxygen atoms in total. The summed E-state index contributed by atoms with van der Waals surface area (Å²) < 4.78 is 5.74. The number of aromatic nitrogens is 1. The van der Waals surface area contributed by atoms with Crippen molar-refractivity contribution in [2.24, 2.45) is 0 Å². The Balaban J connectivity index is 1.60. The highest BCUT2D eigenvalue weighted by Crippen LogP contribution is 2.42. The molecule has 0 unspecified atom stereocenters. The number of aliphatic hydroxyl groups is 1. The average molecular weight is 433 g/mol. The van der Waals surface area contributed by atoms with Crippen molar-refractivity contribution >= 4 is 28.8 Å². The van der Waals surface area contributed by atoms with E-state index in [-0.39, 0.29) is 24.0 Å². The number of pyridine rings is 1. The number of benzene rings is 1. The number of thiophene rings is 1. The normalized spacial score (nSPS) is 21.9. The summed E-state index contributed by atoms with van der Waals surface area (Å²) in [5.74, 6) is -0.671. The van der Waals surface area contributed by atoms with E-state index in [0.717, 1.165) is 28.2 Å². The van der Waals surface area contributed by atoms with Crippen molar-refractivity contribution in [2.45, 2.75) is 32.0 Å². The van der Waals surface area contributed by atoms with Gasteiger partial charge in [0.05, 0.1) is 11.6 Å². The summed E-state index contributed by atoms with van der Waals surface area (Å²) in [5, 5.41) is 13.1. The molecule has 0 radical (unpaired) electrons. The van der Waals surface area contributed by atoms with Gasteiger partial charge >= 0.3 is 0 Å². The van der Waals surface area contributed by atoms with Crippen LogP contribution in [0.2, 0.25) is 0 Å². The molecule has 7 heteroatoms. The standard InChI is InChI=1S/C24H20N2O4S/c1-14-10-17-11-16(6-7-18(17)30-14)22(27)20-21(19-5-3-9-31-19)26(24(29)23(20)28)13-15-4-2-8-25-12-15/h2-9,11-12,14,21,27H,10,13H2,1H3/t14-,21-/m0/s1. The number of hydrogen-bond donors (Lipinski definition) is 1. The summed E-state index contributed by atoms with van der Waals surface area (Å²) in [6.45, 7) is 2.22. The summed E-state index contributed by atoms with van der Waals surface area (Å²) >= 11 is 1.45. The molecule has 5 rings (SSSR count). The number of hydrogen-bond acceptors (Lipinski definition) is 6. The third kappa shape index (κ3) is 3.41. The van der Waals surface area contributed by atoms with Crippen LogP contribution in [0, 0.1) is 0 Å². The van der Waals surface area contributed by atoms with Gasteiger partial charge in [0.15, 0.2) is 0 Å². The number of fused-ring (bicyclic) bond motifs is 1. The van der Waals surface area contributed by atoms with Crippen LogP contribution in [0.3, 0.4) is 0 Å². The van der Waals surface area contributed by atoms with Crippen molar-refractivity contribution in [3.63, 3.8) is 0 Å². The van der Waals surface area contributed by atoms with E-state index in [4.69, 9.17) is 4.74 Å². The number of ketones is 1. The Labute approximate surface area is 183 Å². The maximum absolute atomic E-state index is 13.1. The van der Waals surface area contributed by atoms with Gasteiger partial charge in [0.2, 0.25) is 0 Å². The third-order valence-electron chi connectivity index (χ3n) is 5.60. The highest BCUT2D eigenvalue weighted by molar-refractivity contribution is 7.10. The number of Topliss-reactive ketones (excluding diaryl/α,β-unsaturated/α-hetero) is 1. The van der Waals surface area contributed by atoms with Crippen LogP contribution in [0.5, 0.6) is 5.75 Å². The zero-order valence-corrected chi connectivity index (χ0v) is 17.6. The minimum absolute atomic E-state index is 0.0728. The molecule has 1 aromatic carbocycles. The molecule has 2 aliphatic heterocycles. The minimum atomic E-state index is -0.676. The Hall–Kier alpha value is -3.45. The van der Waals surface area contributed by atoms with Crippen molar-refractivity contribution < 1.29 is 19.4 Å². The first kappa shape index (κ1) is 19.5. The van der Waals surface area contributed by atoms with Gasteiger partial charge in [-0.25, -0.2) is 0 Å². The van der Waals surface area contributed by atoms with Gasteiger partial charge in [-0.2, -0.15) is 0 Å². The summed E-state index contributed by atoms with van der Waals surface area (Å²) in [5.41, 5.74) is 2.42. The van der Waals surface area contributed by atoms with E-state index in [2.05, 4.69) is 4.98 Å². The molecule has 1 saturated heterocycles. The minimum Gasteiger partial charge on any atom is -0.507 e. The van der Waals surface area contributed by atoms with E-state index < -0.39 is 17.7 Å². The van der Waals surface area contributed by atoms with Gasteiger partial charge in [-0.15, -0.1) is 11.3 Å². The fourth-order valence-electron chi connectivity index (χ4n) is 4.20. The Kier molecular flexibility index (Phi) is 4.82. The highest BCUT2D eigenvalue weighted by Gasteiger charge is 2.46. The molecular formula is C24H20N2O4S. The Morgan fingerprint density at radius 2 is 2.13 bits per heavy atom. The fraction of sp³-hybridized carbons (Fsp3) is 0.208. The molecule has 2 aromatic heterocycles. The second kappa shape index (κ2) is 7.67. The second-order valence-electron chi connectivity index (χ2n) is 7.76. The van der Waals surface area contributed by atoms with E-state index in [1.807, 2.05) is 36.6 Å². The summed E-state index contributed by atoms with van der Waals surface area (Å²) in [6, 6.07) is 12.1. The van der Waals surface area contributed by atoms with Crippen LogP contribution in [0.4, 0.5) is 0 Å². The van der Waals surface area contributed by atoms with Crippen LogP contribution in [0.15, 0.2) is 65.8 Å². The predicted molar refractivity (Wildman–Crippen MR) is 117 cm³/mol. The molecule has 1 amide bonds. The van der Waals surface area contributed by atoms with Crippen LogP contribution in [0.25, 0.3) is 5.76 Å². The molecule has 31 heavy (non-hydrogen) atoms. The van der Waals surface area contributed by atoms with Crippen molar-refractivity contribution in [3.8, 4) is 5.75 Å². The lowest BCUT2D eigenvalue weighted by Crippen LogP contribution is -2.28. The third-order valence-corrected chi connectivity index (χ3v) is 6.52. The number of aliphatic hydroxyl groups excluding tert-OH is 1. The van der Waals surface area contributed by atoms with Gasteiger partial charge in [-0.3, -0.25) is 14.6 Å². The number of carbonyl (C=O) groups is 2. The number of likely N-dealkylation sites (tertiary alicyclic amines) is 1. The first-order valence-corrected chi connectivity index (χ1v) is 10.9. The number of carbonyl (C=O) groups excluding carboxylic acids is 2. The molecule has 0 spiro atoms. The highest BCUT2D eigenvalue weighted by atomic mass is 32.1. The molecule has 0 aliphatic carbocycles. The maximum Gasteiger partial charge on any atom is 0.295 e. The van der Waals surface area contributed by atoms with E-state index in [9.17, 15) is 14.7 Å². The summed E-state index contributed by atoms with van der Waals surface area (Å²) in [6.07, 6.45) is 4.14. The monoisotopic (exact) mass is 432 g/mol. The predicted octanol–water partition coefficient (Wildman–Crippen LogP) is 4.09. The lowest BCUT2D eigenvalue weighted by molar-refractivity contribution is -0.140. The molecule has 0 saturated carbocycles. The number of amides is 1. The molecule has 1 N–H and O–H groups in total. The fourth-order valence-corrected chi connectivity index (χ4v) is 5.04. The second-order valence-corrected chi connectivity index (χ2v) is 8.74. The lowest BCUT2D eigenvalue weighted by atomic mass is 9.98. The Bertz CT molecular complexity index is 1190. The quantitative estimate of drug-likeness (QED) is 0.382. The molecule has 0 bridgehead atoms. The molecular weight excluding hydrogens is 412 g/mol. The van der Waals surface area contributed by atoms with Gasteiger partial charge in [0.1, 0.15) is 17.6 Å². The number of nitrogens with zero attached hydrogens (tertiary/aromatic N) is 2. The van der Waals surface area contributed by atoms with Crippen LogP contribution < -0.4 is 4.74 Å².